The molecule has 1 aromatic carbocycles. The Labute approximate surface area is 89.9 Å². The Morgan fingerprint density at radius 2 is 2.06 bits per heavy atom. The molecule has 1 amide bonds. The van der Waals surface area contributed by atoms with Gasteiger partial charge in [0.1, 0.15) is 0 Å². The highest BCUT2D eigenvalue weighted by Gasteiger charge is 2.38. The van der Waals surface area contributed by atoms with Gasteiger partial charge in [0.05, 0.1) is 6.61 Å². The minimum Gasteiger partial charge on any atom is -0.392 e. The second-order valence-electron chi connectivity index (χ2n) is 3.26. The third-order valence-electron chi connectivity index (χ3n) is 1.98. The van der Waals surface area contributed by atoms with Crippen LogP contribution in [0.5, 0.6) is 0 Å². The van der Waals surface area contributed by atoms with Gasteiger partial charge in [0.2, 0.25) is 0 Å². The molecule has 88 valence electrons. The summed E-state index contributed by atoms with van der Waals surface area (Å²) >= 11 is 0. The van der Waals surface area contributed by atoms with E-state index >= 15 is 0 Å². The Kier molecular flexibility index (Phi) is 3.54. The first-order valence-corrected chi connectivity index (χ1v) is 4.43. The molecule has 0 aliphatic carbocycles. The minimum atomic E-state index is -4.90. The lowest BCUT2D eigenvalue weighted by Gasteiger charge is -2.11. The van der Waals surface area contributed by atoms with Crippen LogP contribution in [0, 0.1) is 6.92 Å². The Morgan fingerprint density at radius 1 is 1.44 bits per heavy atom. The molecular formula is C10H10F3NO2. The van der Waals surface area contributed by atoms with Crippen molar-refractivity contribution in [2.45, 2.75) is 19.7 Å². The number of alkyl halides is 3. The highest BCUT2D eigenvalue weighted by molar-refractivity contribution is 5.95. The number of amides is 1. The fourth-order valence-electron chi connectivity index (χ4n) is 1.16. The van der Waals surface area contributed by atoms with Gasteiger partial charge in [-0.05, 0) is 24.1 Å². The van der Waals surface area contributed by atoms with Crippen LogP contribution in [-0.2, 0) is 11.4 Å². The lowest BCUT2D eigenvalue weighted by atomic mass is 10.1. The molecule has 1 aromatic rings. The second-order valence-corrected chi connectivity index (χ2v) is 3.26. The maximum absolute atomic E-state index is 12.0. The first-order chi connectivity index (χ1) is 7.34. The highest BCUT2D eigenvalue weighted by atomic mass is 19.4. The Hall–Kier alpha value is -1.56. The average molecular weight is 233 g/mol. The number of carbonyl (C=O) groups excluding carboxylic acids is 1. The van der Waals surface area contributed by atoms with Crippen LogP contribution in [0.4, 0.5) is 18.9 Å². The zero-order valence-electron chi connectivity index (χ0n) is 8.43. The number of halogens is 3. The number of aryl methyl sites for hydroxylation is 1. The molecule has 0 unspecified atom stereocenters. The van der Waals surface area contributed by atoms with Crippen molar-refractivity contribution >= 4 is 11.6 Å². The summed E-state index contributed by atoms with van der Waals surface area (Å²) in [7, 11) is 0. The summed E-state index contributed by atoms with van der Waals surface area (Å²) in [6.45, 7) is 1.35. The molecule has 16 heavy (non-hydrogen) atoms. The number of benzene rings is 1. The van der Waals surface area contributed by atoms with Crippen molar-refractivity contribution in [2.24, 2.45) is 0 Å². The fourth-order valence-corrected chi connectivity index (χ4v) is 1.16. The first-order valence-electron chi connectivity index (χ1n) is 4.43. The average Bonchev–Trinajstić information content (AvgIpc) is 2.19. The number of aliphatic hydroxyl groups excluding tert-OH is 1. The van der Waals surface area contributed by atoms with E-state index in [1.54, 1.807) is 12.2 Å². The van der Waals surface area contributed by atoms with Crippen LogP contribution >= 0.6 is 0 Å². The molecule has 2 N–H and O–H groups in total. The normalized spacial score (nSPS) is 11.3. The van der Waals surface area contributed by atoms with E-state index in [-0.39, 0.29) is 12.3 Å². The number of nitrogens with one attached hydrogen (secondary N) is 1. The maximum Gasteiger partial charge on any atom is 0.471 e. The van der Waals surface area contributed by atoms with E-state index in [1.807, 2.05) is 0 Å². The van der Waals surface area contributed by atoms with Crippen LogP contribution in [0.2, 0.25) is 0 Å². The predicted molar refractivity (Wildman–Crippen MR) is 51.8 cm³/mol. The maximum atomic E-state index is 12.0. The molecule has 0 fully saturated rings. The number of carbonyl (C=O) groups is 1. The molecule has 0 atom stereocenters. The third-order valence-corrected chi connectivity index (χ3v) is 1.98. The third kappa shape index (κ3) is 2.96. The smallest absolute Gasteiger partial charge is 0.392 e. The fraction of sp³-hybridized carbons (Fsp3) is 0.300. The minimum absolute atomic E-state index is 0.0829. The van der Waals surface area contributed by atoms with Crippen molar-refractivity contribution < 1.29 is 23.1 Å². The molecule has 0 spiro atoms. The summed E-state index contributed by atoms with van der Waals surface area (Å²) in [4.78, 5) is 10.7. The van der Waals surface area contributed by atoms with Crippen molar-refractivity contribution in [3.63, 3.8) is 0 Å². The van der Waals surface area contributed by atoms with Crippen LogP contribution in [0.1, 0.15) is 11.1 Å². The number of anilines is 1. The van der Waals surface area contributed by atoms with E-state index in [0.29, 0.717) is 11.1 Å². The van der Waals surface area contributed by atoms with Crippen LogP contribution in [0.15, 0.2) is 18.2 Å². The zero-order valence-corrected chi connectivity index (χ0v) is 8.43. The molecule has 0 heterocycles. The largest absolute Gasteiger partial charge is 0.471 e. The van der Waals surface area contributed by atoms with Crippen molar-refractivity contribution in [1.29, 1.82) is 0 Å². The van der Waals surface area contributed by atoms with E-state index in [2.05, 4.69) is 0 Å². The summed E-state index contributed by atoms with van der Waals surface area (Å²) in [5.74, 6) is -2.01. The van der Waals surface area contributed by atoms with E-state index in [9.17, 15) is 18.0 Å². The first kappa shape index (κ1) is 12.5. The number of hydrogen-bond acceptors (Lipinski definition) is 2. The van der Waals surface area contributed by atoms with Crippen LogP contribution in [0.25, 0.3) is 0 Å². The van der Waals surface area contributed by atoms with E-state index in [1.165, 1.54) is 18.2 Å². The zero-order chi connectivity index (χ0) is 12.3. The monoisotopic (exact) mass is 233 g/mol. The second kappa shape index (κ2) is 4.52. The van der Waals surface area contributed by atoms with Crippen molar-refractivity contribution in [3.8, 4) is 0 Å². The number of rotatable bonds is 2. The van der Waals surface area contributed by atoms with Gasteiger partial charge >= 0.3 is 12.1 Å². The van der Waals surface area contributed by atoms with Gasteiger partial charge in [-0.15, -0.1) is 0 Å². The molecule has 0 radical (unpaired) electrons. The predicted octanol–water partition coefficient (Wildman–Crippen LogP) is 1.99. The summed E-state index contributed by atoms with van der Waals surface area (Å²) in [6, 6.07) is 4.27. The molecule has 0 aliphatic rings. The highest BCUT2D eigenvalue weighted by Crippen LogP contribution is 2.21. The molecule has 1 rings (SSSR count). The number of hydrogen-bond donors (Lipinski definition) is 2. The molecule has 0 saturated carbocycles. The van der Waals surface area contributed by atoms with Gasteiger partial charge in [0.15, 0.2) is 0 Å². The van der Waals surface area contributed by atoms with Crippen LogP contribution in [-0.4, -0.2) is 17.2 Å². The van der Waals surface area contributed by atoms with Gasteiger partial charge in [-0.3, -0.25) is 4.79 Å². The van der Waals surface area contributed by atoms with E-state index in [4.69, 9.17) is 5.11 Å². The summed E-state index contributed by atoms with van der Waals surface area (Å²) in [5.41, 5.74) is 1.12. The molecule has 0 bridgehead atoms. The molecule has 0 aromatic heterocycles. The van der Waals surface area contributed by atoms with Crippen molar-refractivity contribution in [2.75, 3.05) is 5.32 Å². The molecular weight excluding hydrogens is 223 g/mol. The lowest BCUT2D eigenvalue weighted by Crippen LogP contribution is -2.30. The SMILES string of the molecule is Cc1cc(CO)ccc1NC(=O)C(F)(F)F. The quantitative estimate of drug-likeness (QED) is 0.820. The van der Waals surface area contributed by atoms with Gasteiger partial charge in [-0.1, -0.05) is 12.1 Å². The molecule has 0 saturated heterocycles. The summed E-state index contributed by atoms with van der Waals surface area (Å²) < 4.78 is 35.9. The van der Waals surface area contributed by atoms with E-state index < -0.39 is 12.1 Å². The van der Waals surface area contributed by atoms with Crippen LogP contribution < -0.4 is 5.32 Å². The lowest BCUT2D eigenvalue weighted by molar-refractivity contribution is -0.167. The Balaban J connectivity index is 2.87. The Morgan fingerprint density at radius 3 is 2.50 bits per heavy atom. The topological polar surface area (TPSA) is 49.3 Å². The summed E-state index contributed by atoms with van der Waals surface area (Å²) in [6.07, 6.45) is -4.90. The van der Waals surface area contributed by atoms with Crippen LogP contribution in [0.3, 0.4) is 0 Å². The standard InChI is InChI=1S/C10H10F3NO2/c1-6-4-7(5-15)2-3-8(6)14-9(16)10(11,12)13/h2-4,15H,5H2,1H3,(H,14,16). The van der Waals surface area contributed by atoms with Gasteiger partial charge in [-0.25, -0.2) is 0 Å². The van der Waals surface area contributed by atoms with Gasteiger partial charge in [0, 0.05) is 5.69 Å². The Bertz CT molecular complexity index is 402. The van der Waals surface area contributed by atoms with Gasteiger partial charge in [-0.2, -0.15) is 13.2 Å². The molecule has 3 nitrogen and oxygen atoms in total. The summed E-state index contributed by atoms with van der Waals surface area (Å²) in [5, 5.41) is 10.6. The van der Waals surface area contributed by atoms with Crippen molar-refractivity contribution in [3.05, 3.63) is 29.3 Å². The molecule has 0 aliphatic heterocycles. The van der Waals surface area contributed by atoms with E-state index in [0.717, 1.165) is 0 Å². The van der Waals surface area contributed by atoms with Gasteiger partial charge < -0.3 is 10.4 Å². The van der Waals surface area contributed by atoms with Gasteiger partial charge in [0.25, 0.3) is 0 Å². The number of aliphatic hydroxyl groups is 1. The van der Waals surface area contributed by atoms with Crippen molar-refractivity contribution in [1.82, 2.24) is 0 Å². The molecule has 6 heteroatoms.